The largest absolute Gasteiger partial charge is 0.337 e. The molecule has 0 saturated carbocycles. The first-order valence-electron chi connectivity index (χ1n) is 8.78. The molecule has 1 aliphatic heterocycles. The van der Waals surface area contributed by atoms with E-state index in [1.807, 2.05) is 24.3 Å². The van der Waals surface area contributed by atoms with Crippen LogP contribution in [0.3, 0.4) is 0 Å². The average Bonchev–Trinajstić information content (AvgIpc) is 3.33. The molecule has 138 valence electrons. The van der Waals surface area contributed by atoms with Gasteiger partial charge in [0, 0.05) is 29.6 Å². The zero-order valence-corrected chi connectivity index (χ0v) is 15.3. The number of hydrogen-bond donors (Lipinski definition) is 0. The van der Waals surface area contributed by atoms with Crippen LogP contribution in [-0.2, 0) is 6.54 Å². The maximum absolute atomic E-state index is 13.8. The van der Waals surface area contributed by atoms with Gasteiger partial charge in [-0.25, -0.2) is 9.07 Å². The van der Waals surface area contributed by atoms with E-state index in [2.05, 4.69) is 10.3 Å². The number of carbonyl (C=O) groups is 1. The molecule has 2 heterocycles. The van der Waals surface area contributed by atoms with Crippen molar-refractivity contribution in [2.24, 2.45) is 0 Å². The second kappa shape index (κ2) is 7.48. The standard InChI is InChI=1S/C20H18ClFN4O/c21-17-6-3-5-14(10-17)15-8-9-25(11-15)20(27)19-13-26(24-23-19)12-16-4-1-2-7-18(16)22/h1-7,10,13,15H,8-9,11-12H2/t15-/m0/s1. The SMILES string of the molecule is O=C(c1cn(Cc2ccccc2F)nn1)N1CC[C@H](c2cccc(Cl)c2)C1. The zero-order valence-electron chi connectivity index (χ0n) is 14.6. The van der Waals surface area contributed by atoms with Crippen molar-refractivity contribution in [1.82, 2.24) is 19.9 Å². The van der Waals surface area contributed by atoms with Gasteiger partial charge in [-0.1, -0.05) is 47.1 Å². The Labute approximate surface area is 161 Å². The molecule has 1 atom stereocenters. The third-order valence-electron chi connectivity index (χ3n) is 4.84. The van der Waals surface area contributed by atoms with Crippen LogP contribution in [0.2, 0.25) is 5.02 Å². The smallest absolute Gasteiger partial charge is 0.276 e. The Morgan fingerprint density at radius 3 is 2.89 bits per heavy atom. The predicted molar refractivity (Wildman–Crippen MR) is 100 cm³/mol. The fourth-order valence-corrected chi connectivity index (χ4v) is 3.61. The van der Waals surface area contributed by atoms with Gasteiger partial charge in [0.05, 0.1) is 12.7 Å². The van der Waals surface area contributed by atoms with Crippen LogP contribution in [-0.4, -0.2) is 38.9 Å². The molecule has 5 nitrogen and oxygen atoms in total. The lowest BCUT2D eigenvalue weighted by Gasteiger charge is -2.15. The summed E-state index contributed by atoms with van der Waals surface area (Å²) < 4.78 is 15.3. The van der Waals surface area contributed by atoms with Crippen LogP contribution in [0.15, 0.2) is 54.7 Å². The Hall–Kier alpha value is -2.73. The molecule has 0 unspecified atom stereocenters. The Balaban J connectivity index is 1.43. The van der Waals surface area contributed by atoms with E-state index < -0.39 is 0 Å². The maximum Gasteiger partial charge on any atom is 0.276 e. The normalized spacial score (nSPS) is 16.7. The number of halogens is 2. The number of likely N-dealkylation sites (tertiary alicyclic amines) is 1. The number of rotatable bonds is 4. The lowest BCUT2D eigenvalue weighted by Crippen LogP contribution is -2.28. The molecule has 0 radical (unpaired) electrons. The molecule has 7 heteroatoms. The maximum atomic E-state index is 13.8. The van der Waals surface area contributed by atoms with Gasteiger partial charge in [-0.05, 0) is 30.2 Å². The minimum absolute atomic E-state index is 0.153. The van der Waals surface area contributed by atoms with Gasteiger partial charge in [-0.15, -0.1) is 5.10 Å². The number of carbonyl (C=O) groups excluding carboxylic acids is 1. The molecular weight excluding hydrogens is 367 g/mol. The Morgan fingerprint density at radius 2 is 2.07 bits per heavy atom. The van der Waals surface area contributed by atoms with Gasteiger partial charge in [-0.3, -0.25) is 4.79 Å². The highest BCUT2D eigenvalue weighted by molar-refractivity contribution is 6.30. The van der Waals surface area contributed by atoms with Crippen LogP contribution < -0.4 is 0 Å². The lowest BCUT2D eigenvalue weighted by atomic mass is 9.99. The van der Waals surface area contributed by atoms with E-state index in [0.717, 1.165) is 12.0 Å². The third kappa shape index (κ3) is 3.85. The fraction of sp³-hybridized carbons (Fsp3) is 0.250. The van der Waals surface area contributed by atoms with Gasteiger partial charge in [0.2, 0.25) is 0 Å². The Morgan fingerprint density at radius 1 is 1.22 bits per heavy atom. The van der Waals surface area contributed by atoms with Crippen LogP contribution >= 0.6 is 11.6 Å². The summed E-state index contributed by atoms with van der Waals surface area (Å²) in [5, 5.41) is 8.65. The molecule has 1 aliphatic rings. The van der Waals surface area contributed by atoms with E-state index in [4.69, 9.17) is 11.6 Å². The third-order valence-corrected chi connectivity index (χ3v) is 5.08. The molecule has 3 aromatic rings. The van der Waals surface area contributed by atoms with Crippen molar-refractivity contribution < 1.29 is 9.18 Å². The average molecular weight is 385 g/mol. The van der Waals surface area contributed by atoms with Crippen LogP contribution in [0.25, 0.3) is 0 Å². The van der Waals surface area contributed by atoms with Crippen molar-refractivity contribution in [3.63, 3.8) is 0 Å². The van der Waals surface area contributed by atoms with Crippen molar-refractivity contribution in [2.45, 2.75) is 18.9 Å². The Bertz CT molecular complexity index is 974. The van der Waals surface area contributed by atoms with Crippen molar-refractivity contribution in [2.75, 3.05) is 13.1 Å². The summed E-state index contributed by atoms with van der Waals surface area (Å²) >= 11 is 6.07. The van der Waals surface area contributed by atoms with E-state index in [1.165, 1.54) is 10.7 Å². The van der Waals surface area contributed by atoms with E-state index in [1.54, 1.807) is 29.3 Å². The number of aromatic nitrogens is 3. The number of amides is 1. The Kier molecular flexibility index (Phi) is 4.90. The minimum atomic E-state index is -0.301. The summed E-state index contributed by atoms with van der Waals surface area (Å²) in [4.78, 5) is 14.5. The lowest BCUT2D eigenvalue weighted by molar-refractivity contribution is 0.0785. The number of benzene rings is 2. The summed E-state index contributed by atoms with van der Waals surface area (Å²) in [5.41, 5.74) is 1.92. The minimum Gasteiger partial charge on any atom is -0.337 e. The highest BCUT2D eigenvalue weighted by Gasteiger charge is 2.29. The van der Waals surface area contributed by atoms with Crippen molar-refractivity contribution in [3.8, 4) is 0 Å². The molecule has 27 heavy (non-hydrogen) atoms. The highest BCUT2D eigenvalue weighted by atomic mass is 35.5. The molecule has 2 aromatic carbocycles. The highest BCUT2D eigenvalue weighted by Crippen LogP contribution is 2.29. The summed E-state index contributed by atoms with van der Waals surface area (Å²) in [7, 11) is 0. The topological polar surface area (TPSA) is 51.0 Å². The molecular formula is C20H18ClFN4O. The summed E-state index contributed by atoms with van der Waals surface area (Å²) in [6.45, 7) is 1.52. The second-order valence-corrected chi connectivity index (χ2v) is 7.12. The van der Waals surface area contributed by atoms with Crippen molar-refractivity contribution >= 4 is 17.5 Å². The molecule has 0 spiro atoms. The van der Waals surface area contributed by atoms with Crippen molar-refractivity contribution in [3.05, 3.63) is 82.4 Å². The first-order valence-corrected chi connectivity index (χ1v) is 9.16. The van der Waals surface area contributed by atoms with Crippen molar-refractivity contribution in [1.29, 1.82) is 0 Å². The van der Waals surface area contributed by atoms with Crippen LogP contribution in [0, 0.1) is 5.82 Å². The summed E-state index contributed by atoms with van der Waals surface area (Å²) in [5.74, 6) is -0.190. The monoisotopic (exact) mass is 384 g/mol. The quantitative estimate of drug-likeness (QED) is 0.688. The predicted octanol–water partition coefficient (Wildman–Crippen LogP) is 3.75. The molecule has 0 bridgehead atoms. The van der Waals surface area contributed by atoms with Crippen LogP contribution in [0.4, 0.5) is 4.39 Å². The summed E-state index contributed by atoms with van der Waals surface area (Å²) in [6.07, 6.45) is 2.46. The van der Waals surface area contributed by atoms with Gasteiger partial charge in [-0.2, -0.15) is 0 Å². The van der Waals surface area contributed by atoms with Gasteiger partial charge in [0.1, 0.15) is 5.82 Å². The van der Waals surface area contributed by atoms with E-state index in [-0.39, 0.29) is 29.9 Å². The number of hydrogen-bond acceptors (Lipinski definition) is 3. The van der Waals surface area contributed by atoms with E-state index >= 15 is 0 Å². The van der Waals surface area contributed by atoms with E-state index in [0.29, 0.717) is 23.7 Å². The fourth-order valence-electron chi connectivity index (χ4n) is 3.41. The van der Waals surface area contributed by atoms with Gasteiger partial charge >= 0.3 is 0 Å². The van der Waals surface area contributed by atoms with Crippen LogP contribution in [0.5, 0.6) is 0 Å². The van der Waals surface area contributed by atoms with Gasteiger partial charge < -0.3 is 4.90 Å². The first kappa shape index (κ1) is 17.7. The first-order chi connectivity index (χ1) is 13.1. The molecule has 1 amide bonds. The molecule has 1 saturated heterocycles. The van der Waals surface area contributed by atoms with Gasteiger partial charge in [0.25, 0.3) is 5.91 Å². The second-order valence-electron chi connectivity index (χ2n) is 6.68. The molecule has 1 fully saturated rings. The molecule has 0 N–H and O–H groups in total. The molecule has 0 aliphatic carbocycles. The molecule has 4 rings (SSSR count). The number of nitrogens with zero attached hydrogens (tertiary/aromatic N) is 4. The van der Waals surface area contributed by atoms with E-state index in [9.17, 15) is 9.18 Å². The zero-order chi connectivity index (χ0) is 18.8. The summed E-state index contributed by atoms with van der Waals surface area (Å²) in [6, 6.07) is 14.3. The van der Waals surface area contributed by atoms with Gasteiger partial charge in [0.15, 0.2) is 5.69 Å². The van der Waals surface area contributed by atoms with Crippen LogP contribution in [0.1, 0.15) is 34.0 Å². The molecule has 1 aromatic heterocycles.